The van der Waals surface area contributed by atoms with Crippen molar-refractivity contribution in [3.05, 3.63) is 65.5 Å². The van der Waals surface area contributed by atoms with Crippen LogP contribution in [0.1, 0.15) is 54.5 Å². The number of carbonyl (C=O) groups is 2. The first kappa shape index (κ1) is 20.9. The van der Waals surface area contributed by atoms with Crippen LogP contribution < -0.4 is 10.6 Å². The third-order valence-corrected chi connectivity index (χ3v) is 5.48. The van der Waals surface area contributed by atoms with Gasteiger partial charge in [-0.2, -0.15) is 0 Å². The average molecular weight is 421 g/mol. The lowest BCUT2D eigenvalue weighted by atomic mass is 10.1. The Hall–Kier alpha value is -3.35. The van der Waals surface area contributed by atoms with E-state index in [1.807, 2.05) is 50.2 Å². The molecule has 1 saturated carbocycles. The van der Waals surface area contributed by atoms with Gasteiger partial charge >= 0.3 is 12.0 Å². The Labute approximate surface area is 181 Å². The smallest absolute Gasteiger partial charge is 0.335 e. The van der Waals surface area contributed by atoms with Crippen molar-refractivity contribution in [2.24, 2.45) is 5.92 Å². The number of nitrogens with one attached hydrogen (secondary N) is 2. The molecule has 7 heteroatoms. The van der Waals surface area contributed by atoms with Crippen molar-refractivity contribution in [2.45, 2.75) is 51.7 Å². The molecular weight excluding hydrogens is 392 g/mol. The highest BCUT2D eigenvalue weighted by molar-refractivity contribution is 5.92. The van der Waals surface area contributed by atoms with Crippen molar-refractivity contribution < 1.29 is 14.7 Å². The highest BCUT2D eigenvalue weighted by Gasteiger charge is 2.28. The Morgan fingerprint density at radius 1 is 1.13 bits per heavy atom. The molecule has 2 amide bonds. The van der Waals surface area contributed by atoms with Gasteiger partial charge in [0, 0.05) is 12.6 Å². The molecule has 1 heterocycles. The van der Waals surface area contributed by atoms with Crippen molar-refractivity contribution >= 4 is 23.0 Å². The Morgan fingerprint density at radius 2 is 1.87 bits per heavy atom. The molecule has 0 unspecified atom stereocenters. The quantitative estimate of drug-likeness (QED) is 0.510. The summed E-state index contributed by atoms with van der Waals surface area (Å²) in [5.41, 5.74) is 2.84. The van der Waals surface area contributed by atoms with Crippen LogP contribution in [0.3, 0.4) is 0 Å². The monoisotopic (exact) mass is 420 g/mol. The van der Waals surface area contributed by atoms with Crippen molar-refractivity contribution in [3.63, 3.8) is 0 Å². The molecule has 0 bridgehead atoms. The number of benzene rings is 2. The van der Waals surface area contributed by atoms with E-state index in [2.05, 4.69) is 15.2 Å². The molecule has 1 aliphatic carbocycles. The number of aromatic nitrogens is 2. The SMILES string of the molecule is CC(C)NC(=O)N[C@@H](Cc1ccccc1)c1nc2cc(C(=O)O)ccc2n1CC1CC1. The van der Waals surface area contributed by atoms with Gasteiger partial charge in [-0.05, 0) is 62.8 Å². The van der Waals surface area contributed by atoms with Crippen molar-refractivity contribution in [3.8, 4) is 0 Å². The maximum absolute atomic E-state index is 12.6. The number of aromatic carboxylic acids is 1. The van der Waals surface area contributed by atoms with E-state index < -0.39 is 5.97 Å². The van der Waals surface area contributed by atoms with Gasteiger partial charge in [-0.25, -0.2) is 14.6 Å². The van der Waals surface area contributed by atoms with Crippen LogP contribution in [0, 0.1) is 5.92 Å². The summed E-state index contributed by atoms with van der Waals surface area (Å²) >= 11 is 0. The van der Waals surface area contributed by atoms with Crippen molar-refractivity contribution in [1.29, 1.82) is 0 Å². The zero-order valence-electron chi connectivity index (χ0n) is 17.8. The Balaban J connectivity index is 1.76. The van der Waals surface area contributed by atoms with Gasteiger partial charge in [-0.1, -0.05) is 30.3 Å². The Bertz CT molecular complexity index is 1090. The number of carboxylic acid groups (broad SMARTS) is 1. The summed E-state index contributed by atoms with van der Waals surface area (Å²) in [5, 5.41) is 15.4. The van der Waals surface area contributed by atoms with Crippen LogP contribution in [0.5, 0.6) is 0 Å². The van der Waals surface area contributed by atoms with Gasteiger partial charge in [0.25, 0.3) is 0 Å². The molecule has 7 nitrogen and oxygen atoms in total. The molecule has 4 rings (SSSR count). The van der Waals surface area contributed by atoms with Crippen LogP contribution in [0.4, 0.5) is 4.79 Å². The molecule has 0 saturated heterocycles. The number of carboxylic acids is 1. The number of imidazole rings is 1. The molecule has 1 aliphatic rings. The summed E-state index contributed by atoms with van der Waals surface area (Å²) in [6.45, 7) is 4.65. The fraction of sp³-hybridized carbons (Fsp3) is 0.375. The minimum absolute atomic E-state index is 0.0146. The molecule has 0 radical (unpaired) electrons. The predicted octanol–water partition coefficient (Wildman–Crippen LogP) is 4.14. The minimum Gasteiger partial charge on any atom is -0.478 e. The average Bonchev–Trinajstić information content (AvgIpc) is 3.47. The van der Waals surface area contributed by atoms with Gasteiger partial charge in [-0.15, -0.1) is 0 Å². The van der Waals surface area contributed by atoms with E-state index in [1.165, 1.54) is 12.8 Å². The van der Waals surface area contributed by atoms with E-state index in [-0.39, 0.29) is 23.7 Å². The maximum atomic E-state index is 12.6. The Morgan fingerprint density at radius 3 is 2.52 bits per heavy atom. The van der Waals surface area contributed by atoms with E-state index >= 15 is 0 Å². The number of urea groups is 1. The number of rotatable bonds is 8. The van der Waals surface area contributed by atoms with Crippen LogP contribution in [-0.4, -0.2) is 32.7 Å². The van der Waals surface area contributed by atoms with E-state index in [0.29, 0.717) is 17.9 Å². The van der Waals surface area contributed by atoms with E-state index in [4.69, 9.17) is 4.98 Å². The molecule has 31 heavy (non-hydrogen) atoms. The fourth-order valence-electron chi connectivity index (χ4n) is 3.82. The van der Waals surface area contributed by atoms with Crippen LogP contribution in [0.15, 0.2) is 48.5 Å². The second-order valence-electron chi connectivity index (χ2n) is 8.55. The third kappa shape index (κ3) is 5.05. The maximum Gasteiger partial charge on any atom is 0.335 e. The summed E-state index contributed by atoms with van der Waals surface area (Å²) in [6, 6.07) is 14.5. The van der Waals surface area contributed by atoms with Crippen LogP contribution >= 0.6 is 0 Å². The molecule has 3 aromatic rings. The predicted molar refractivity (Wildman–Crippen MR) is 119 cm³/mol. The lowest BCUT2D eigenvalue weighted by molar-refractivity contribution is 0.0697. The number of fused-ring (bicyclic) bond motifs is 1. The number of carbonyl (C=O) groups excluding carboxylic acids is 1. The minimum atomic E-state index is -0.976. The summed E-state index contributed by atoms with van der Waals surface area (Å²) in [5.74, 6) is 0.375. The third-order valence-electron chi connectivity index (χ3n) is 5.48. The lowest BCUT2D eigenvalue weighted by Gasteiger charge is -2.21. The molecule has 3 N–H and O–H groups in total. The van der Waals surface area contributed by atoms with E-state index in [9.17, 15) is 14.7 Å². The van der Waals surface area contributed by atoms with Gasteiger partial charge in [0.15, 0.2) is 0 Å². The molecule has 1 aromatic heterocycles. The standard InChI is InChI=1S/C24H28N4O3/c1-15(2)25-24(31)27-20(12-16-6-4-3-5-7-16)22-26-19-13-18(23(29)30)10-11-21(19)28(22)14-17-8-9-17/h3-7,10-11,13,15,17,20H,8-9,12,14H2,1-2H3,(H,29,30)(H2,25,27,31)/t20-/m0/s1. The van der Waals surface area contributed by atoms with Crippen molar-refractivity contribution in [1.82, 2.24) is 20.2 Å². The van der Waals surface area contributed by atoms with Gasteiger partial charge in [0.2, 0.25) is 0 Å². The van der Waals surface area contributed by atoms with Crippen LogP contribution in [0.25, 0.3) is 11.0 Å². The van der Waals surface area contributed by atoms with Crippen molar-refractivity contribution in [2.75, 3.05) is 0 Å². The second kappa shape index (κ2) is 8.79. The summed E-state index contributed by atoms with van der Waals surface area (Å²) in [6.07, 6.45) is 2.94. The fourth-order valence-corrected chi connectivity index (χ4v) is 3.82. The summed E-state index contributed by atoms with van der Waals surface area (Å²) in [7, 11) is 0. The Kier molecular flexibility index (Phi) is 5.93. The first-order valence-corrected chi connectivity index (χ1v) is 10.7. The number of hydrogen-bond donors (Lipinski definition) is 3. The van der Waals surface area contributed by atoms with E-state index in [0.717, 1.165) is 23.4 Å². The highest BCUT2D eigenvalue weighted by Crippen LogP contribution is 2.34. The lowest BCUT2D eigenvalue weighted by Crippen LogP contribution is -2.42. The van der Waals surface area contributed by atoms with Gasteiger partial charge in [0.1, 0.15) is 5.82 Å². The van der Waals surface area contributed by atoms with Gasteiger partial charge < -0.3 is 20.3 Å². The largest absolute Gasteiger partial charge is 0.478 e. The topological polar surface area (TPSA) is 96.2 Å². The zero-order chi connectivity index (χ0) is 22.0. The normalized spacial score (nSPS) is 14.5. The molecule has 0 aliphatic heterocycles. The number of amides is 2. The summed E-state index contributed by atoms with van der Waals surface area (Å²) in [4.78, 5) is 28.9. The first-order valence-electron chi connectivity index (χ1n) is 10.7. The van der Waals surface area contributed by atoms with Gasteiger partial charge in [-0.3, -0.25) is 0 Å². The van der Waals surface area contributed by atoms with E-state index in [1.54, 1.807) is 12.1 Å². The molecule has 1 atom stereocenters. The van der Waals surface area contributed by atoms with Crippen LogP contribution in [-0.2, 0) is 13.0 Å². The zero-order valence-corrected chi connectivity index (χ0v) is 17.8. The first-order chi connectivity index (χ1) is 14.9. The molecule has 162 valence electrons. The molecule has 2 aromatic carbocycles. The second-order valence-corrected chi connectivity index (χ2v) is 8.55. The molecule has 1 fully saturated rings. The van der Waals surface area contributed by atoms with Gasteiger partial charge in [0.05, 0.1) is 22.6 Å². The van der Waals surface area contributed by atoms with Crippen LogP contribution in [0.2, 0.25) is 0 Å². The highest BCUT2D eigenvalue weighted by atomic mass is 16.4. The molecular formula is C24H28N4O3. The number of hydrogen-bond acceptors (Lipinski definition) is 3. The number of nitrogens with zero attached hydrogens (tertiary/aromatic N) is 2. The summed E-state index contributed by atoms with van der Waals surface area (Å²) < 4.78 is 2.15. The molecule has 0 spiro atoms.